The van der Waals surface area contributed by atoms with Gasteiger partial charge in [0.15, 0.2) is 9.84 Å². The summed E-state index contributed by atoms with van der Waals surface area (Å²) in [6.07, 6.45) is -10.7. The standard InChI is InChI=1S/C32H37F8NO4S/c1-27(2,43)20-6-4-19(5-7-20)26(42)41-17-16-29(46(44,45)24-11-9-23(33)10-12-24)25(41)13-8-21-18-22(14-15-28(21,29)3)30(34,31(35,36)37)32(38,39)40/h9-12,14,18-20,25,43H,4-8,13,15-17H2,1-3H3/t19-,20-,25-,28?,29+/m0/s1. The minimum atomic E-state index is -6.34. The molecule has 3 aliphatic carbocycles. The molecule has 46 heavy (non-hydrogen) atoms. The number of rotatable bonds is 5. The molecule has 3 fully saturated rings. The van der Waals surface area contributed by atoms with E-state index in [0.717, 1.165) is 24.3 Å². The lowest BCUT2D eigenvalue weighted by molar-refractivity contribution is -0.325. The van der Waals surface area contributed by atoms with Crippen LogP contribution >= 0.6 is 0 Å². The summed E-state index contributed by atoms with van der Waals surface area (Å²) in [5.74, 6) is -1.52. The number of hydrogen-bond donors (Lipinski definition) is 1. The predicted molar refractivity (Wildman–Crippen MR) is 152 cm³/mol. The molecule has 0 bridgehead atoms. The van der Waals surface area contributed by atoms with Gasteiger partial charge in [-0.15, -0.1) is 0 Å². The molecule has 1 saturated heterocycles. The number of aliphatic hydroxyl groups is 1. The zero-order chi connectivity index (χ0) is 34.3. The van der Waals surface area contributed by atoms with Crippen LogP contribution in [-0.2, 0) is 14.6 Å². The van der Waals surface area contributed by atoms with Gasteiger partial charge in [-0.05, 0) is 95.4 Å². The van der Waals surface area contributed by atoms with E-state index >= 15 is 4.39 Å². The Hall–Kier alpha value is -2.48. The topological polar surface area (TPSA) is 74.7 Å². The van der Waals surface area contributed by atoms with Crippen molar-refractivity contribution in [2.24, 2.45) is 17.3 Å². The molecule has 2 saturated carbocycles. The lowest BCUT2D eigenvalue weighted by Crippen LogP contribution is -2.64. The van der Waals surface area contributed by atoms with Crippen molar-refractivity contribution in [1.82, 2.24) is 4.90 Å². The third-order valence-electron chi connectivity index (χ3n) is 11.2. The number of fused-ring (bicyclic) bond motifs is 3. The van der Waals surface area contributed by atoms with E-state index in [4.69, 9.17) is 0 Å². The Labute approximate surface area is 262 Å². The number of carbonyl (C=O) groups excluding carboxylic acids is 1. The summed E-state index contributed by atoms with van der Waals surface area (Å²) in [5.41, 5.74) is -9.97. The van der Waals surface area contributed by atoms with Crippen molar-refractivity contribution >= 4 is 15.7 Å². The summed E-state index contributed by atoms with van der Waals surface area (Å²) in [6.45, 7) is 4.79. The van der Waals surface area contributed by atoms with Gasteiger partial charge in [0.1, 0.15) is 10.6 Å². The Bertz CT molecular complexity index is 1520. The van der Waals surface area contributed by atoms with Crippen molar-refractivity contribution in [2.75, 3.05) is 6.54 Å². The summed E-state index contributed by atoms with van der Waals surface area (Å²) in [6, 6.07) is 2.96. The van der Waals surface area contributed by atoms with Gasteiger partial charge in [-0.25, -0.2) is 17.2 Å². The fourth-order valence-corrected chi connectivity index (χ4v) is 11.2. The van der Waals surface area contributed by atoms with Gasteiger partial charge in [-0.2, -0.15) is 26.3 Å². The smallest absolute Gasteiger partial charge is 0.390 e. The van der Waals surface area contributed by atoms with Crippen molar-refractivity contribution in [3.63, 3.8) is 0 Å². The molecule has 5 rings (SSSR count). The summed E-state index contributed by atoms with van der Waals surface area (Å²) >= 11 is 0. The van der Waals surface area contributed by atoms with E-state index < -0.39 is 73.4 Å². The second kappa shape index (κ2) is 11.0. The summed E-state index contributed by atoms with van der Waals surface area (Å²) in [4.78, 5) is 15.2. The van der Waals surface area contributed by atoms with Gasteiger partial charge in [0, 0.05) is 23.5 Å². The van der Waals surface area contributed by atoms with Gasteiger partial charge in [-0.1, -0.05) is 24.6 Å². The highest BCUT2D eigenvalue weighted by Crippen LogP contribution is 2.64. The molecule has 1 aliphatic heterocycles. The Morgan fingerprint density at radius 3 is 2.02 bits per heavy atom. The Balaban J connectivity index is 1.59. The van der Waals surface area contributed by atoms with Gasteiger partial charge >= 0.3 is 18.0 Å². The third kappa shape index (κ3) is 5.02. The van der Waals surface area contributed by atoms with Gasteiger partial charge in [0.05, 0.1) is 16.5 Å². The first-order valence-electron chi connectivity index (χ1n) is 15.3. The van der Waals surface area contributed by atoms with Crippen molar-refractivity contribution in [3.05, 3.63) is 53.4 Å². The molecule has 3 atom stereocenters. The molecular formula is C32H37F8NO4S. The van der Waals surface area contributed by atoms with Gasteiger partial charge in [0.25, 0.3) is 0 Å². The number of nitrogens with zero attached hydrogens (tertiary/aromatic N) is 1. The van der Waals surface area contributed by atoms with Crippen molar-refractivity contribution in [1.29, 1.82) is 0 Å². The maximum atomic E-state index is 15.2. The lowest BCUT2D eigenvalue weighted by atomic mass is 9.57. The zero-order valence-corrected chi connectivity index (χ0v) is 26.4. The molecule has 0 spiro atoms. The molecule has 1 heterocycles. The van der Waals surface area contributed by atoms with Crippen LogP contribution in [-0.4, -0.2) is 65.3 Å². The van der Waals surface area contributed by atoms with Crippen LogP contribution in [0.15, 0.2) is 52.5 Å². The first-order chi connectivity index (χ1) is 21.0. The molecule has 4 aliphatic rings. The average Bonchev–Trinajstić information content (AvgIpc) is 3.37. The molecule has 14 heteroatoms. The van der Waals surface area contributed by atoms with Crippen molar-refractivity contribution in [3.8, 4) is 0 Å². The average molecular weight is 684 g/mol. The quantitative estimate of drug-likeness (QED) is 0.259. The first kappa shape index (κ1) is 34.8. The number of hydrogen-bond acceptors (Lipinski definition) is 4. The lowest BCUT2D eigenvalue weighted by Gasteiger charge is -2.56. The predicted octanol–water partition coefficient (Wildman–Crippen LogP) is 7.41. The third-order valence-corrected chi connectivity index (χ3v) is 13.9. The summed E-state index contributed by atoms with van der Waals surface area (Å²) < 4.78 is 139. The number of halogens is 8. The van der Waals surface area contributed by atoms with Crippen LogP contribution in [0.4, 0.5) is 35.1 Å². The fourth-order valence-electron chi connectivity index (χ4n) is 8.54. The maximum absolute atomic E-state index is 15.2. The number of alkyl halides is 7. The van der Waals surface area contributed by atoms with E-state index in [2.05, 4.69) is 0 Å². The molecule has 256 valence electrons. The maximum Gasteiger partial charge on any atom is 0.435 e. The highest BCUT2D eigenvalue weighted by Gasteiger charge is 2.75. The SMILES string of the molecule is CC12CC=C(C(F)(C(F)(F)F)C(F)(F)F)C=C1CC[C@@H]1N(C(=O)[C@H]3CC[C@H](C(C)(C)O)CC3)CC[C@@]12S(=O)(=O)c1ccc(F)cc1. The normalized spacial score (nSPS) is 31.1. The molecule has 5 nitrogen and oxygen atoms in total. The Morgan fingerprint density at radius 2 is 1.50 bits per heavy atom. The molecule has 0 radical (unpaired) electrons. The van der Waals surface area contributed by atoms with Crippen LogP contribution in [0.1, 0.15) is 72.1 Å². The van der Waals surface area contributed by atoms with Crippen LogP contribution in [0.2, 0.25) is 0 Å². The van der Waals surface area contributed by atoms with Crippen molar-refractivity contribution in [2.45, 2.75) is 111 Å². The molecule has 1 aromatic carbocycles. The van der Waals surface area contributed by atoms with E-state index in [0.29, 0.717) is 37.8 Å². The largest absolute Gasteiger partial charge is 0.435 e. The minimum absolute atomic E-state index is 0.0337. The number of allylic oxidation sites excluding steroid dienone is 4. The minimum Gasteiger partial charge on any atom is -0.390 e. The number of carbonyl (C=O) groups is 1. The van der Waals surface area contributed by atoms with Crippen molar-refractivity contribution < 1.29 is 53.4 Å². The molecule has 1 N–H and O–H groups in total. The highest BCUT2D eigenvalue weighted by molar-refractivity contribution is 7.93. The number of benzene rings is 1. The fraction of sp³-hybridized carbons (Fsp3) is 0.656. The first-order valence-corrected chi connectivity index (χ1v) is 16.8. The Kier molecular flexibility index (Phi) is 8.35. The Morgan fingerprint density at radius 1 is 0.935 bits per heavy atom. The number of likely N-dealkylation sites (tertiary alicyclic amines) is 1. The van der Waals surface area contributed by atoms with Gasteiger partial charge < -0.3 is 10.0 Å². The molecule has 1 unspecified atom stereocenters. The van der Waals surface area contributed by atoms with Crippen LogP contribution in [0.25, 0.3) is 0 Å². The molecular weight excluding hydrogens is 646 g/mol. The number of amides is 1. The second-order valence-corrected chi connectivity index (χ2v) is 16.1. The van der Waals surface area contributed by atoms with E-state index in [1.165, 1.54) is 11.8 Å². The molecule has 1 amide bonds. The summed E-state index contributed by atoms with van der Waals surface area (Å²) in [5, 5.41) is 10.4. The van der Waals surface area contributed by atoms with Crippen LogP contribution in [0.5, 0.6) is 0 Å². The summed E-state index contributed by atoms with van der Waals surface area (Å²) in [7, 11) is -4.54. The highest BCUT2D eigenvalue weighted by atomic mass is 32.2. The van der Waals surface area contributed by atoms with E-state index in [9.17, 15) is 49.1 Å². The van der Waals surface area contributed by atoms with E-state index in [1.54, 1.807) is 13.8 Å². The van der Waals surface area contributed by atoms with Crippen LogP contribution in [0.3, 0.4) is 0 Å². The molecule has 0 aromatic heterocycles. The van der Waals surface area contributed by atoms with Crippen LogP contribution < -0.4 is 0 Å². The number of sulfone groups is 1. The van der Waals surface area contributed by atoms with Gasteiger partial charge in [-0.3, -0.25) is 4.79 Å². The van der Waals surface area contributed by atoms with Crippen LogP contribution in [0, 0.1) is 23.1 Å². The van der Waals surface area contributed by atoms with E-state index in [-0.39, 0.29) is 48.1 Å². The van der Waals surface area contributed by atoms with Gasteiger partial charge in [0.2, 0.25) is 5.91 Å². The second-order valence-electron chi connectivity index (χ2n) is 13.9. The monoisotopic (exact) mass is 683 g/mol. The zero-order valence-electron chi connectivity index (χ0n) is 25.6. The van der Waals surface area contributed by atoms with E-state index in [1.807, 2.05) is 0 Å². The molecule has 1 aromatic rings.